The maximum Gasteiger partial charge on any atom is 0.417 e. The van der Waals surface area contributed by atoms with E-state index in [1.165, 1.54) is 24.5 Å². The molecule has 0 bridgehead atoms. The predicted molar refractivity (Wildman–Crippen MR) is 95.2 cm³/mol. The van der Waals surface area contributed by atoms with Crippen LogP contribution < -0.4 is 0 Å². The minimum atomic E-state index is -4.46. The van der Waals surface area contributed by atoms with Gasteiger partial charge >= 0.3 is 6.18 Å². The van der Waals surface area contributed by atoms with Crippen LogP contribution in [0.1, 0.15) is 40.6 Å². The van der Waals surface area contributed by atoms with Gasteiger partial charge in [0.25, 0.3) is 5.91 Å². The van der Waals surface area contributed by atoms with Gasteiger partial charge in [-0.05, 0) is 18.9 Å². The summed E-state index contributed by atoms with van der Waals surface area (Å²) in [5.41, 5.74) is 0.0731. The lowest BCUT2D eigenvalue weighted by Crippen LogP contribution is -2.30. The molecule has 6 nitrogen and oxygen atoms in total. The molecule has 9 heteroatoms. The van der Waals surface area contributed by atoms with E-state index in [0.29, 0.717) is 24.4 Å². The summed E-state index contributed by atoms with van der Waals surface area (Å²) in [7, 11) is 1.73. The molecule has 1 aromatic carbocycles. The van der Waals surface area contributed by atoms with Crippen molar-refractivity contribution in [2.75, 3.05) is 6.54 Å². The second-order valence-electron chi connectivity index (χ2n) is 6.78. The number of nitrogens with zero attached hydrogens (tertiary/aromatic N) is 4. The summed E-state index contributed by atoms with van der Waals surface area (Å²) >= 11 is 0. The molecule has 3 heterocycles. The topological polar surface area (TPSA) is 66.8 Å². The van der Waals surface area contributed by atoms with Crippen LogP contribution in [0.4, 0.5) is 13.2 Å². The average Bonchev–Trinajstić information content (AvgIpc) is 3.40. The Balaban J connectivity index is 1.64. The molecule has 0 spiro atoms. The number of imidazole rings is 1. The number of rotatable bonds is 3. The summed E-state index contributed by atoms with van der Waals surface area (Å²) in [4.78, 5) is 21.8. The van der Waals surface area contributed by atoms with E-state index >= 15 is 0 Å². The maximum absolute atomic E-state index is 13.3. The van der Waals surface area contributed by atoms with Crippen LogP contribution in [0.25, 0.3) is 11.3 Å². The summed E-state index contributed by atoms with van der Waals surface area (Å²) < 4.78 is 41.5. The number of likely N-dealkylation sites (tertiary alicyclic amines) is 1. The average molecular weight is 389 g/mol. The van der Waals surface area contributed by atoms with Crippen molar-refractivity contribution in [3.05, 3.63) is 59.8 Å². The Morgan fingerprint density at radius 1 is 1.25 bits per heavy atom. The number of nitrogens with one attached hydrogen (secondary N) is 1. The largest absolute Gasteiger partial charge is 0.417 e. The second-order valence-corrected chi connectivity index (χ2v) is 6.78. The van der Waals surface area contributed by atoms with E-state index < -0.39 is 11.7 Å². The van der Waals surface area contributed by atoms with Crippen molar-refractivity contribution < 1.29 is 18.0 Å². The first-order chi connectivity index (χ1) is 13.3. The van der Waals surface area contributed by atoms with Crippen molar-refractivity contribution in [1.82, 2.24) is 24.6 Å². The van der Waals surface area contributed by atoms with Crippen molar-refractivity contribution in [3.8, 4) is 11.3 Å². The molecule has 1 aliphatic rings. The molecule has 3 aromatic rings. The third-order valence-corrected chi connectivity index (χ3v) is 4.90. The first-order valence-corrected chi connectivity index (χ1v) is 8.85. The van der Waals surface area contributed by atoms with E-state index in [0.717, 1.165) is 12.5 Å². The van der Waals surface area contributed by atoms with Crippen LogP contribution in [0.5, 0.6) is 0 Å². The van der Waals surface area contributed by atoms with E-state index in [-0.39, 0.29) is 23.2 Å². The van der Waals surface area contributed by atoms with Crippen molar-refractivity contribution in [2.45, 2.75) is 25.1 Å². The fraction of sp³-hybridized carbons (Fsp3) is 0.316. The molecule has 1 saturated heterocycles. The van der Waals surface area contributed by atoms with Crippen LogP contribution in [0.3, 0.4) is 0 Å². The third kappa shape index (κ3) is 3.28. The molecule has 1 unspecified atom stereocenters. The first-order valence-electron chi connectivity index (χ1n) is 8.85. The molecule has 146 valence electrons. The molecule has 1 N–H and O–H groups in total. The number of amides is 1. The van der Waals surface area contributed by atoms with Crippen molar-refractivity contribution in [2.24, 2.45) is 7.05 Å². The minimum Gasteiger partial charge on any atom is -0.340 e. The van der Waals surface area contributed by atoms with Crippen molar-refractivity contribution in [1.29, 1.82) is 0 Å². The smallest absolute Gasteiger partial charge is 0.340 e. The minimum absolute atomic E-state index is 0.0388. The summed E-state index contributed by atoms with van der Waals surface area (Å²) in [6.45, 7) is 0.563. The van der Waals surface area contributed by atoms with Crippen LogP contribution in [0, 0.1) is 0 Å². The summed E-state index contributed by atoms with van der Waals surface area (Å²) in [6.07, 6.45) is 1.57. The van der Waals surface area contributed by atoms with Gasteiger partial charge < -0.3 is 9.88 Å². The molecular formula is C19H18F3N5O. The lowest BCUT2D eigenvalue weighted by atomic mass is 10.0. The standard InChI is InChI=1S/C19H18F3N5O/c1-26-11-12(9-24-26)18(28)27-8-4-7-16(27)17-23-10-15(25-17)13-5-2-3-6-14(13)19(20,21)22/h2-3,5-6,9-11,16H,4,7-8H2,1H3,(H,23,25). The lowest BCUT2D eigenvalue weighted by molar-refractivity contribution is -0.137. The van der Waals surface area contributed by atoms with Gasteiger partial charge in [0, 0.05) is 25.4 Å². The molecule has 0 radical (unpaired) electrons. The first kappa shape index (κ1) is 18.3. The number of hydrogen-bond donors (Lipinski definition) is 1. The molecule has 4 rings (SSSR count). The Bertz CT molecular complexity index is 1010. The quantitative estimate of drug-likeness (QED) is 0.741. The van der Waals surface area contributed by atoms with Crippen LogP contribution in [-0.2, 0) is 13.2 Å². The van der Waals surface area contributed by atoms with Crippen LogP contribution in [0.15, 0.2) is 42.9 Å². The van der Waals surface area contributed by atoms with Gasteiger partial charge in [-0.2, -0.15) is 18.3 Å². The number of aromatic nitrogens is 4. The molecule has 0 aliphatic carbocycles. The molecule has 1 atom stereocenters. The molecule has 0 saturated carbocycles. The monoisotopic (exact) mass is 389 g/mol. The van der Waals surface area contributed by atoms with Gasteiger partial charge in [0.2, 0.25) is 0 Å². The van der Waals surface area contributed by atoms with Gasteiger partial charge in [0.05, 0.1) is 35.3 Å². The summed E-state index contributed by atoms with van der Waals surface area (Å²) in [5.74, 6) is 0.325. The molecule has 1 aliphatic heterocycles. The zero-order valence-electron chi connectivity index (χ0n) is 15.1. The van der Waals surface area contributed by atoms with Gasteiger partial charge in [0.1, 0.15) is 5.82 Å². The number of aromatic amines is 1. The Morgan fingerprint density at radius 2 is 2.04 bits per heavy atom. The van der Waals surface area contributed by atoms with Crippen molar-refractivity contribution >= 4 is 5.91 Å². The molecule has 28 heavy (non-hydrogen) atoms. The highest BCUT2D eigenvalue weighted by molar-refractivity contribution is 5.94. The predicted octanol–water partition coefficient (Wildman–Crippen LogP) is 3.81. The van der Waals surface area contributed by atoms with Gasteiger partial charge in [0.15, 0.2) is 0 Å². The molecular weight excluding hydrogens is 371 g/mol. The zero-order chi connectivity index (χ0) is 19.9. The Kier molecular flexibility index (Phi) is 4.44. The summed E-state index contributed by atoms with van der Waals surface area (Å²) in [5, 5.41) is 4.02. The van der Waals surface area contributed by atoms with Crippen LogP contribution in [-0.4, -0.2) is 37.1 Å². The van der Waals surface area contributed by atoms with E-state index in [9.17, 15) is 18.0 Å². The van der Waals surface area contributed by atoms with E-state index in [1.807, 2.05) is 0 Å². The van der Waals surface area contributed by atoms with Crippen molar-refractivity contribution in [3.63, 3.8) is 0 Å². The Morgan fingerprint density at radius 3 is 2.75 bits per heavy atom. The number of carbonyl (C=O) groups excluding carboxylic acids is 1. The third-order valence-electron chi connectivity index (χ3n) is 4.90. The van der Waals surface area contributed by atoms with Gasteiger partial charge in [-0.15, -0.1) is 0 Å². The second kappa shape index (κ2) is 6.81. The Hall–Kier alpha value is -3.10. The number of aryl methyl sites for hydroxylation is 1. The highest BCUT2D eigenvalue weighted by Crippen LogP contribution is 2.38. The molecule has 1 fully saturated rings. The number of carbonyl (C=O) groups is 1. The number of hydrogen-bond acceptors (Lipinski definition) is 3. The van der Waals surface area contributed by atoms with Gasteiger partial charge in [-0.1, -0.05) is 18.2 Å². The molecule has 1 amide bonds. The zero-order valence-corrected chi connectivity index (χ0v) is 15.1. The number of alkyl halides is 3. The SMILES string of the molecule is Cn1cc(C(=O)N2CCCC2c2ncc(-c3ccccc3C(F)(F)F)[nH]2)cn1. The van der Waals surface area contributed by atoms with E-state index in [4.69, 9.17) is 0 Å². The Labute approximate surface area is 159 Å². The van der Waals surface area contributed by atoms with E-state index in [2.05, 4.69) is 15.1 Å². The van der Waals surface area contributed by atoms with Gasteiger partial charge in [-0.3, -0.25) is 9.48 Å². The fourth-order valence-electron chi connectivity index (χ4n) is 3.60. The molecule has 2 aromatic heterocycles. The number of halogens is 3. The normalized spacial score (nSPS) is 17.3. The summed E-state index contributed by atoms with van der Waals surface area (Å²) in [6, 6.07) is 5.06. The van der Waals surface area contributed by atoms with Crippen LogP contribution >= 0.6 is 0 Å². The number of benzene rings is 1. The van der Waals surface area contributed by atoms with Crippen LogP contribution in [0.2, 0.25) is 0 Å². The number of H-pyrrole nitrogens is 1. The van der Waals surface area contributed by atoms with E-state index in [1.54, 1.807) is 28.9 Å². The fourth-order valence-corrected chi connectivity index (χ4v) is 3.60. The van der Waals surface area contributed by atoms with Gasteiger partial charge in [-0.25, -0.2) is 4.98 Å². The lowest BCUT2D eigenvalue weighted by Gasteiger charge is -2.22. The highest BCUT2D eigenvalue weighted by atomic mass is 19.4. The maximum atomic E-state index is 13.3. The highest BCUT2D eigenvalue weighted by Gasteiger charge is 2.35.